The maximum atomic E-state index is 13.2. The van der Waals surface area contributed by atoms with Crippen molar-refractivity contribution < 1.29 is 27.5 Å². The maximum absolute atomic E-state index is 13.2. The molecule has 11 heteroatoms. The van der Waals surface area contributed by atoms with Crippen molar-refractivity contribution >= 4 is 11.7 Å². The highest BCUT2D eigenvalue weighted by Crippen LogP contribution is 2.54. The Balaban J connectivity index is 1.01. The number of likely N-dealkylation sites (tertiary alicyclic amines) is 2. The molecule has 36 heavy (non-hydrogen) atoms. The molecule has 8 nitrogen and oxygen atoms in total. The van der Waals surface area contributed by atoms with Crippen molar-refractivity contribution in [1.82, 2.24) is 25.2 Å². The first-order valence-electron chi connectivity index (χ1n) is 12.2. The van der Waals surface area contributed by atoms with Gasteiger partial charge >= 0.3 is 6.36 Å². The number of carbonyl (C=O) groups excluding carboxylic acids is 2. The predicted molar refractivity (Wildman–Crippen MR) is 121 cm³/mol. The minimum atomic E-state index is -4.76. The lowest BCUT2D eigenvalue weighted by Crippen LogP contribution is -2.44. The number of nitrogens with one attached hydrogen (secondary N) is 1. The summed E-state index contributed by atoms with van der Waals surface area (Å²) >= 11 is 0. The van der Waals surface area contributed by atoms with Gasteiger partial charge in [0.05, 0.1) is 11.4 Å². The van der Waals surface area contributed by atoms with E-state index in [0.29, 0.717) is 35.7 Å². The first-order chi connectivity index (χ1) is 17.2. The molecule has 1 N–H and O–H groups in total. The molecular formula is C25H26F3N5O3. The zero-order valence-corrected chi connectivity index (χ0v) is 19.4. The van der Waals surface area contributed by atoms with Crippen LogP contribution in [0.15, 0.2) is 36.5 Å². The smallest absolute Gasteiger partial charge is 0.406 e. The monoisotopic (exact) mass is 501 g/mol. The van der Waals surface area contributed by atoms with Crippen LogP contribution < -0.4 is 4.74 Å². The van der Waals surface area contributed by atoms with E-state index in [9.17, 15) is 22.8 Å². The fourth-order valence-corrected chi connectivity index (χ4v) is 6.55. The molecule has 0 unspecified atom stereocenters. The number of rotatable bonds is 5. The summed E-state index contributed by atoms with van der Waals surface area (Å²) in [6.45, 7) is 3.30. The normalized spacial score (nSPS) is 29.0. The van der Waals surface area contributed by atoms with Gasteiger partial charge in [0.25, 0.3) is 0 Å². The Labute approximate surface area is 205 Å². The molecule has 2 aromatic rings. The van der Waals surface area contributed by atoms with E-state index in [1.54, 1.807) is 6.20 Å². The molecule has 5 atom stereocenters. The van der Waals surface area contributed by atoms with Crippen molar-refractivity contribution in [2.75, 3.05) is 26.2 Å². The predicted octanol–water partition coefficient (Wildman–Crippen LogP) is 2.84. The molecule has 3 fully saturated rings. The molecule has 2 saturated heterocycles. The van der Waals surface area contributed by atoms with E-state index in [-0.39, 0.29) is 23.4 Å². The molecule has 0 spiro atoms. The zero-order chi connectivity index (χ0) is 25.0. The van der Waals surface area contributed by atoms with Gasteiger partial charge in [-0.05, 0) is 60.8 Å². The Bertz CT molecular complexity index is 1170. The number of aromatic amines is 1. The van der Waals surface area contributed by atoms with Gasteiger partial charge in [-0.2, -0.15) is 15.4 Å². The van der Waals surface area contributed by atoms with Gasteiger partial charge in [-0.1, -0.05) is 0 Å². The lowest BCUT2D eigenvalue weighted by molar-refractivity contribution is -0.274. The molecule has 1 amide bonds. The Hall–Kier alpha value is -3.37. The molecule has 190 valence electrons. The van der Waals surface area contributed by atoms with Crippen LogP contribution in [0.4, 0.5) is 13.2 Å². The van der Waals surface area contributed by atoms with E-state index in [4.69, 9.17) is 0 Å². The van der Waals surface area contributed by atoms with Crippen molar-refractivity contribution in [3.63, 3.8) is 0 Å². The molecule has 2 aliphatic carbocycles. The van der Waals surface area contributed by atoms with Gasteiger partial charge in [0.15, 0.2) is 5.78 Å². The highest BCUT2D eigenvalue weighted by Gasteiger charge is 2.58. The van der Waals surface area contributed by atoms with Gasteiger partial charge in [0, 0.05) is 56.4 Å². The Morgan fingerprint density at radius 3 is 2.28 bits per heavy atom. The van der Waals surface area contributed by atoms with Crippen molar-refractivity contribution in [2.45, 2.75) is 25.6 Å². The minimum absolute atomic E-state index is 0.0144. The van der Waals surface area contributed by atoms with Gasteiger partial charge < -0.3 is 14.5 Å². The van der Waals surface area contributed by atoms with E-state index < -0.39 is 6.36 Å². The van der Waals surface area contributed by atoms with Crippen LogP contribution in [0.25, 0.3) is 0 Å². The number of carbonyl (C=O) groups is 2. The van der Waals surface area contributed by atoms with Crippen molar-refractivity contribution in [2.24, 2.45) is 29.6 Å². The van der Waals surface area contributed by atoms with E-state index >= 15 is 0 Å². The number of nitrogens with zero attached hydrogens (tertiary/aromatic N) is 4. The second-order valence-corrected chi connectivity index (χ2v) is 10.3. The van der Waals surface area contributed by atoms with Crippen LogP contribution in [-0.4, -0.2) is 69.4 Å². The number of fused-ring (bicyclic) bond motifs is 5. The first-order valence-corrected chi connectivity index (χ1v) is 12.2. The van der Waals surface area contributed by atoms with Gasteiger partial charge in [0.1, 0.15) is 5.75 Å². The number of allylic oxidation sites excluding steroid dienone is 1. The van der Waals surface area contributed by atoms with Crippen LogP contribution >= 0.6 is 0 Å². The minimum Gasteiger partial charge on any atom is -0.406 e. The van der Waals surface area contributed by atoms with Crippen molar-refractivity contribution in [3.05, 3.63) is 53.5 Å². The van der Waals surface area contributed by atoms with Crippen molar-refractivity contribution in [1.29, 1.82) is 0 Å². The molecule has 1 saturated carbocycles. The summed E-state index contributed by atoms with van der Waals surface area (Å²) in [5, 5.41) is 11.0. The summed E-state index contributed by atoms with van der Waals surface area (Å²) in [7, 11) is 0. The third kappa shape index (κ3) is 4.24. The number of H-pyrrole nitrogens is 1. The van der Waals surface area contributed by atoms with Gasteiger partial charge in [-0.15, -0.1) is 13.2 Å². The third-order valence-electron chi connectivity index (χ3n) is 8.30. The molecule has 0 radical (unpaired) electrons. The number of aromatic nitrogens is 3. The fraction of sp³-hybridized carbons (Fsp3) is 0.520. The van der Waals surface area contributed by atoms with E-state index in [2.05, 4.69) is 29.9 Å². The summed E-state index contributed by atoms with van der Waals surface area (Å²) in [5.74, 6) is 1.63. The molecule has 4 aliphatic rings. The molecule has 0 bridgehead atoms. The van der Waals surface area contributed by atoms with Crippen LogP contribution in [0.5, 0.6) is 5.75 Å². The number of alkyl halides is 3. The van der Waals surface area contributed by atoms with Gasteiger partial charge in [0.2, 0.25) is 5.91 Å². The number of hydrogen-bond donors (Lipinski definition) is 1. The topological polar surface area (TPSA) is 91.4 Å². The van der Waals surface area contributed by atoms with Crippen molar-refractivity contribution in [3.8, 4) is 5.75 Å². The molecule has 6 rings (SSSR count). The largest absolute Gasteiger partial charge is 0.573 e. The second kappa shape index (κ2) is 8.63. The third-order valence-corrected chi connectivity index (χ3v) is 8.30. The number of ketones is 1. The Kier molecular flexibility index (Phi) is 5.53. The first kappa shape index (κ1) is 23.1. The van der Waals surface area contributed by atoms with Crippen LogP contribution in [0.3, 0.4) is 0 Å². The van der Waals surface area contributed by atoms with Crippen LogP contribution in [-0.2, 0) is 17.6 Å². The van der Waals surface area contributed by atoms with Crippen LogP contribution in [0.1, 0.15) is 28.2 Å². The average molecular weight is 502 g/mol. The van der Waals surface area contributed by atoms with Gasteiger partial charge in [-0.25, -0.2) is 0 Å². The number of ether oxygens (including phenoxy) is 1. The summed E-state index contributed by atoms with van der Waals surface area (Å²) in [4.78, 5) is 29.9. The van der Waals surface area contributed by atoms with Gasteiger partial charge in [-0.3, -0.25) is 9.59 Å². The summed E-state index contributed by atoms with van der Waals surface area (Å²) in [6.07, 6.45) is 0.768. The summed E-state index contributed by atoms with van der Waals surface area (Å²) in [6, 6.07) is 4.92. The molecule has 3 heterocycles. The standard InChI is InChI=1S/C25H26F3N5O3/c26-25(27,28)36-16-4-1-14(2-5-16)23(34)7-8-32-10-17-18(11-32)20-13-33(12-19(17)20)24(35)15-3-6-21-22(9-15)30-31-29-21/h1-2,4-5,7-8,15,17-20H,3,6,9-13H2,(H,29,30,31)/b8-7+/t15-,17-,18+,19-,20+/m1/s1. The van der Waals surface area contributed by atoms with Crippen LogP contribution in [0, 0.1) is 29.6 Å². The zero-order valence-electron chi connectivity index (χ0n) is 19.4. The lowest BCUT2D eigenvalue weighted by Gasteiger charge is -2.42. The fourth-order valence-electron chi connectivity index (χ4n) is 6.55. The molecule has 1 aromatic carbocycles. The quantitative estimate of drug-likeness (QED) is 0.501. The SMILES string of the molecule is O=C(/C=C/N1C[C@@H]2[C@H](C1)[C@@H]1CN(C(=O)[C@@H]3CCc4n[nH]nc4C3)C[C@H]21)c1ccc(OC(F)(F)F)cc1. The Morgan fingerprint density at radius 2 is 1.61 bits per heavy atom. The van der Waals surface area contributed by atoms with E-state index in [0.717, 1.165) is 62.5 Å². The average Bonchev–Trinajstić information content (AvgIpc) is 3.55. The Morgan fingerprint density at radius 1 is 0.972 bits per heavy atom. The highest BCUT2D eigenvalue weighted by atomic mass is 19.4. The number of amides is 1. The lowest BCUT2D eigenvalue weighted by atomic mass is 9.60. The number of hydrogen-bond acceptors (Lipinski definition) is 6. The summed E-state index contributed by atoms with van der Waals surface area (Å²) in [5.41, 5.74) is 2.20. The molecule has 1 aromatic heterocycles. The highest BCUT2D eigenvalue weighted by molar-refractivity contribution is 6.04. The summed E-state index contributed by atoms with van der Waals surface area (Å²) < 4.78 is 40.7. The number of benzene rings is 1. The van der Waals surface area contributed by atoms with Crippen LogP contribution in [0.2, 0.25) is 0 Å². The molecule has 2 aliphatic heterocycles. The molecular weight excluding hydrogens is 475 g/mol. The maximum Gasteiger partial charge on any atom is 0.573 e. The number of aryl methyl sites for hydroxylation is 1. The van der Waals surface area contributed by atoms with E-state index in [1.807, 2.05) is 0 Å². The second-order valence-electron chi connectivity index (χ2n) is 10.3. The number of halogens is 3. The van der Waals surface area contributed by atoms with E-state index in [1.165, 1.54) is 18.2 Å².